The zero-order chi connectivity index (χ0) is 20.2. The van der Waals surface area contributed by atoms with Crippen LogP contribution >= 0.6 is 0 Å². The van der Waals surface area contributed by atoms with Crippen molar-refractivity contribution in [1.82, 2.24) is 20.1 Å². The molecule has 29 heavy (non-hydrogen) atoms. The molecule has 0 radical (unpaired) electrons. The number of aromatic nitrogens is 3. The van der Waals surface area contributed by atoms with Gasteiger partial charge in [-0.2, -0.15) is 5.10 Å². The van der Waals surface area contributed by atoms with Crippen molar-refractivity contribution in [2.45, 2.75) is 19.4 Å². The molecule has 0 unspecified atom stereocenters. The van der Waals surface area contributed by atoms with E-state index in [4.69, 9.17) is 0 Å². The van der Waals surface area contributed by atoms with E-state index in [1.54, 1.807) is 24.5 Å². The summed E-state index contributed by atoms with van der Waals surface area (Å²) >= 11 is 0. The van der Waals surface area contributed by atoms with Gasteiger partial charge in [0, 0.05) is 44.2 Å². The summed E-state index contributed by atoms with van der Waals surface area (Å²) in [4.78, 5) is 29.4. The molecule has 3 aromatic rings. The molecule has 1 aliphatic heterocycles. The number of nitro benzene ring substituents is 1. The number of non-ortho nitro benzene ring substituents is 1. The van der Waals surface area contributed by atoms with Crippen molar-refractivity contribution >= 4 is 17.4 Å². The lowest BCUT2D eigenvalue weighted by atomic mass is 10.2. The highest BCUT2D eigenvalue weighted by Gasteiger charge is 2.14. The molecule has 0 bridgehead atoms. The summed E-state index contributed by atoms with van der Waals surface area (Å²) in [6, 6.07) is 9.92. The van der Waals surface area contributed by atoms with E-state index in [0.717, 1.165) is 24.5 Å². The van der Waals surface area contributed by atoms with Crippen molar-refractivity contribution in [3.63, 3.8) is 0 Å². The second-order valence-corrected chi connectivity index (χ2v) is 6.85. The summed E-state index contributed by atoms with van der Waals surface area (Å²) in [5.41, 5.74) is 1.97. The van der Waals surface area contributed by atoms with Crippen molar-refractivity contribution in [2.24, 2.45) is 0 Å². The zero-order valence-corrected chi connectivity index (χ0v) is 15.7. The quantitative estimate of drug-likeness (QED) is 0.511. The number of hydrogen-bond donors (Lipinski definition) is 1. The van der Waals surface area contributed by atoms with Crippen LogP contribution in [0.2, 0.25) is 0 Å². The van der Waals surface area contributed by atoms with Crippen LogP contribution < -0.4 is 10.2 Å². The van der Waals surface area contributed by atoms with Crippen LogP contribution in [-0.4, -0.2) is 38.7 Å². The second-order valence-electron chi connectivity index (χ2n) is 6.85. The molecule has 148 valence electrons. The normalized spacial score (nSPS) is 13.4. The first-order chi connectivity index (χ1) is 14.1. The second kappa shape index (κ2) is 8.09. The Morgan fingerprint density at radius 2 is 1.86 bits per heavy atom. The maximum Gasteiger partial charge on any atom is 0.269 e. The average molecular weight is 392 g/mol. The van der Waals surface area contributed by atoms with Gasteiger partial charge in [-0.25, -0.2) is 9.67 Å². The van der Waals surface area contributed by atoms with E-state index in [1.807, 2.05) is 12.1 Å². The summed E-state index contributed by atoms with van der Waals surface area (Å²) in [6.45, 7) is 2.46. The molecule has 2 aromatic heterocycles. The third kappa shape index (κ3) is 4.23. The van der Waals surface area contributed by atoms with Gasteiger partial charge in [0.1, 0.15) is 5.82 Å². The fraction of sp³-hybridized carbons (Fsp3) is 0.250. The van der Waals surface area contributed by atoms with Gasteiger partial charge in [0.2, 0.25) is 0 Å². The Morgan fingerprint density at radius 3 is 2.52 bits per heavy atom. The summed E-state index contributed by atoms with van der Waals surface area (Å²) in [7, 11) is 0. The summed E-state index contributed by atoms with van der Waals surface area (Å²) < 4.78 is 1.50. The molecule has 0 aliphatic carbocycles. The third-order valence-corrected chi connectivity index (χ3v) is 4.86. The molecule has 1 fully saturated rings. The largest absolute Gasteiger partial charge is 0.357 e. The van der Waals surface area contributed by atoms with Crippen molar-refractivity contribution in [3.05, 3.63) is 76.2 Å². The van der Waals surface area contributed by atoms with E-state index >= 15 is 0 Å². The molecule has 0 atom stereocenters. The summed E-state index contributed by atoms with van der Waals surface area (Å²) in [5, 5.41) is 17.8. The Morgan fingerprint density at radius 1 is 1.10 bits per heavy atom. The van der Waals surface area contributed by atoms with E-state index in [0.29, 0.717) is 17.8 Å². The highest BCUT2D eigenvalue weighted by Crippen LogP contribution is 2.18. The van der Waals surface area contributed by atoms with Gasteiger partial charge in [0.15, 0.2) is 0 Å². The number of carbonyl (C=O) groups is 1. The first-order valence-electron chi connectivity index (χ1n) is 9.38. The third-order valence-electron chi connectivity index (χ3n) is 4.86. The van der Waals surface area contributed by atoms with E-state index in [-0.39, 0.29) is 11.6 Å². The van der Waals surface area contributed by atoms with Crippen LogP contribution in [0, 0.1) is 10.1 Å². The molecule has 0 saturated carbocycles. The maximum absolute atomic E-state index is 12.4. The molecule has 1 amide bonds. The first-order valence-corrected chi connectivity index (χ1v) is 9.38. The highest BCUT2D eigenvalue weighted by molar-refractivity contribution is 5.93. The number of carbonyl (C=O) groups excluding carboxylic acids is 1. The highest BCUT2D eigenvalue weighted by atomic mass is 16.6. The minimum Gasteiger partial charge on any atom is -0.357 e. The maximum atomic E-state index is 12.4. The Kier molecular flexibility index (Phi) is 5.19. The molecule has 1 saturated heterocycles. The Hall–Kier alpha value is -3.75. The van der Waals surface area contributed by atoms with Crippen LogP contribution in [0.15, 0.2) is 55.0 Å². The van der Waals surface area contributed by atoms with Crippen LogP contribution in [-0.2, 0) is 6.54 Å². The van der Waals surface area contributed by atoms with Crippen LogP contribution in [0.25, 0.3) is 5.69 Å². The first kappa shape index (κ1) is 18.6. The Labute approximate surface area is 167 Å². The number of pyridine rings is 1. The molecule has 1 N–H and O–H groups in total. The van der Waals surface area contributed by atoms with Crippen molar-refractivity contribution in [2.75, 3.05) is 18.0 Å². The fourth-order valence-corrected chi connectivity index (χ4v) is 3.25. The number of anilines is 1. The summed E-state index contributed by atoms with van der Waals surface area (Å²) in [6.07, 6.45) is 7.24. The lowest BCUT2D eigenvalue weighted by Gasteiger charge is -2.16. The molecular weight excluding hydrogens is 372 g/mol. The average Bonchev–Trinajstić information content (AvgIpc) is 3.45. The van der Waals surface area contributed by atoms with Crippen LogP contribution in [0.1, 0.15) is 28.8 Å². The number of hydrogen-bond acceptors (Lipinski definition) is 6. The van der Waals surface area contributed by atoms with Gasteiger partial charge in [-0.3, -0.25) is 14.9 Å². The number of nitro groups is 1. The number of benzene rings is 1. The fourth-order valence-electron chi connectivity index (χ4n) is 3.25. The molecule has 0 spiro atoms. The molecule has 9 nitrogen and oxygen atoms in total. The molecule has 9 heteroatoms. The van der Waals surface area contributed by atoms with Gasteiger partial charge in [0.05, 0.1) is 22.4 Å². The predicted molar refractivity (Wildman–Crippen MR) is 107 cm³/mol. The van der Waals surface area contributed by atoms with E-state index < -0.39 is 4.92 Å². The monoisotopic (exact) mass is 392 g/mol. The SMILES string of the molecule is O=C(NCc1ccc(N2CCCC2)nc1)c1cnn(-c2ccc([N+](=O)[O-])cc2)c1. The predicted octanol–water partition coefficient (Wildman–Crippen LogP) is 2.71. The lowest BCUT2D eigenvalue weighted by Crippen LogP contribution is -2.23. The minimum absolute atomic E-state index is 0.00299. The van der Waals surface area contributed by atoms with Gasteiger partial charge in [0.25, 0.3) is 11.6 Å². The van der Waals surface area contributed by atoms with Crippen molar-refractivity contribution in [3.8, 4) is 5.69 Å². The number of amides is 1. The Bertz CT molecular complexity index is 1010. The van der Waals surface area contributed by atoms with Crippen LogP contribution in [0.5, 0.6) is 0 Å². The minimum atomic E-state index is -0.460. The number of nitrogens with zero attached hydrogens (tertiary/aromatic N) is 5. The van der Waals surface area contributed by atoms with Crippen LogP contribution in [0.4, 0.5) is 11.5 Å². The topological polar surface area (TPSA) is 106 Å². The Balaban J connectivity index is 1.36. The van der Waals surface area contributed by atoms with E-state index in [1.165, 1.54) is 35.9 Å². The number of rotatable bonds is 6. The van der Waals surface area contributed by atoms with E-state index in [2.05, 4.69) is 20.3 Å². The number of nitrogens with one attached hydrogen (secondary N) is 1. The summed E-state index contributed by atoms with van der Waals surface area (Å²) in [5.74, 6) is 0.726. The standard InChI is InChI=1S/C20H20N6O3/c27-20(22-12-15-3-8-19(21-11-15)24-9-1-2-10-24)16-13-23-25(14-16)17-4-6-18(7-5-17)26(28)29/h3-8,11,13-14H,1-2,9-10,12H2,(H,22,27). The van der Waals surface area contributed by atoms with Gasteiger partial charge in [-0.1, -0.05) is 6.07 Å². The van der Waals surface area contributed by atoms with Gasteiger partial charge in [-0.15, -0.1) is 0 Å². The molecule has 3 heterocycles. The van der Waals surface area contributed by atoms with Crippen LogP contribution in [0.3, 0.4) is 0 Å². The van der Waals surface area contributed by atoms with E-state index in [9.17, 15) is 14.9 Å². The smallest absolute Gasteiger partial charge is 0.269 e. The molecule has 1 aliphatic rings. The molecule has 4 rings (SSSR count). The van der Waals surface area contributed by atoms with Gasteiger partial charge >= 0.3 is 0 Å². The van der Waals surface area contributed by atoms with Crippen molar-refractivity contribution in [1.29, 1.82) is 0 Å². The van der Waals surface area contributed by atoms with Crippen molar-refractivity contribution < 1.29 is 9.72 Å². The molecule has 1 aromatic carbocycles. The van der Waals surface area contributed by atoms with Gasteiger partial charge in [-0.05, 0) is 36.6 Å². The zero-order valence-electron chi connectivity index (χ0n) is 15.7. The molecular formula is C20H20N6O3. The van der Waals surface area contributed by atoms with Gasteiger partial charge < -0.3 is 10.2 Å². The lowest BCUT2D eigenvalue weighted by molar-refractivity contribution is -0.384.